The molecule has 1 aromatic rings. The molecule has 0 bridgehead atoms. The van der Waals surface area contributed by atoms with Gasteiger partial charge in [-0.1, -0.05) is 23.2 Å². The molecule has 0 unspecified atom stereocenters. The van der Waals surface area contributed by atoms with Gasteiger partial charge in [0.2, 0.25) is 0 Å². The van der Waals surface area contributed by atoms with Gasteiger partial charge in [0.1, 0.15) is 0 Å². The van der Waals surface area contributed by atoms with Crippen LogP contribution in [0.2, 0.25) is 10.0 Å². The zero-order valence-electron chi connectivity index (χ0n) is 7.14. The van der Waals surface area contributed by atoms with E-state index in [1.54, 1.807) is 6.07 Å². The molecule has 0 aliphatic heterocycles. The Morgan fingerprint density at radius 3 is 2.50 bits per heavy atom. The van der Waals surface area contributed by atoms with Crippen molar-refractivity contribution in [2.45, 2.75) is 6.92 Å². The molecule has 0 saturated heterocycles. The molecule has 0 fully saturated rings. The second-order valence-corrected chi connectivity index (χ2v) is 3.45. The summed E-state index contributed by atoms with van der Waals surface area (Å²) in [6.45, 7) is 3.01. The molecular weight excluding hydrogens is 193 g/mol. The summed E-state index contributed by atoms with van der Waals surface area (Å²) in [4.78, 5) is 2.07. The largest absolute Gasteiger partial charge is 0.374 e. The molecule has 0 spiro atoms. The third-order valence-electron chi connectivity index (χ3n) is 1.80. The number of benzene rings is 1. The summed E-state index contributed by atoms with van der Waals surface area (Å²) >= 11 is 11.7. The molecule has 1 rings (SSSR count). The first-order chi connectivity index (χ1) is 5.65. The molecule has 0 heterocycles. The van der Waals surface area contributed by atoms with Gasteiger partial charge in [-0.3, -0.25) is 0 Å². The van der Waals surface area contributed by atoms with Gasteiger partial charge in [0.05, 0.1) is 10.7 Å². The van der Waals surface area contributed by atoms with Crippen molar-refractivity contribution in [3.8, 4) is 0 Å². The van der Waals surface area contributed by atoms with Crippen molar-refractivity contribution in [2.75, 3.05) is 18.5 Å². The topological polar surface area (TPSA) is 3.24 Å². The number of hydrogen-bond acceptors (Lipinski definition) is 1. The highest BCUT2D eigenvalue weighted by Gasteiger charge is 2.03. The number of rotatable bonds is 2. The highest BCUT2D eigenvalue weighted by atomic mass is 35.5. The van der Waals surface area contributed by atoms with Gasteiger partial charge in [-0.2, -0.15) is 0 Å². The average molecular weight is 204 g/mol. The smallest absolute Gasteiger partial charge is 0.0654 e. The van der Waals surface area contributed by atoms with Crippen molar-refractivity contribution in [1.29, 1.82) is 0 Å². The van der Waals surface area contributed by atoms with Crippen LogP contribution in [-0.4, -0.2) is 13.6 Å². The average Bonchev–Trinajstić information content (AvgIpc) is 2.03. The minimum absolute atomic E-state index is 0.674. The van der Waals surface area contributed by atoms with E-state index in [0.717, 1.165) is 12.2 Å². The number of nitrogens with zero attached hydrogens (tertiary/aromatic N) is 1. The third-order valence-corrected chi connectivity index (χ3v) is 2.33. The molecule has 0 amide bonds. The zero-order valence-corrected chi connectivity index (χ0v) is 8.65. The van der Waals surface area contributed by atoms with Crippen molar-refractivity contribution < 1.29 is 0 Å². The lowest BCUT2D eigenvalue weighted by Gasteiger charge is -2.17. The van der Waals surface area contributed by atoms with Crippen LogP contribution in [0.4, 0.5) is 5.69 Å². The van der Waals surface area contributed by atoms with Gasteiger partial charge >= 0.3 is 0 Å². The molecule has 0 aliphatic rings. The summed E-state index contributed by atoms with van der Waals surface area (Å²) in [6, 6.07) is 5.52. The van der Waals surface area contributed by atoms with Gasteiger partial charge in [0.15, 0.2) is 0 Å². The Bertz CT molecular complexity index is 273. The Labute approximate surface area is 82.9 Å². The third kappa shape index (κ3) is 2.05. The first kappa shape index (κ1) is 9.69. The molecule has 0 saturated carbocycles. The molecule has 1 nitrogen and oxygen atoms in total. The van der Waals surface area contributed by atoms with Crippen LogP contribution in [0.5, 0.6) is 0 Å². The lowest BCUT2D eigenvalue weighted by molar-refractivity contribution is 0.968. The van der Waals surface area contributed by atoms with Crippen LogP contribution in [0.15, 0.2) is 18.2 Å². The van der Waals surface area contributed by atoms with E-state index in [0.29, 0.717) is 10.0 Å². The molecule has 0 aromatic heterocycles. The highest BCUT2D eigenvalue weighted by Crippen LogP contribution is 2.27. The molecule has 12 heavy (non-hydrogen) atoms. The second-order valence-electron chi connectivity index (χ2n) is 2.61. The molecule has 0 N–H and O–H groups in total. The van der Waals surface area contributed by atoms with Crippen molar-refractivity contribution in [3.05, 3.63) is 28.2 Å². The van der Waals surface area contributed by atoms with E-state index in [-0.39, 0.29) is 0 Å². The molecule has 0 aliphatic carbocycles. The van der Waals surface area contributed by atoms with Crippen LogP contribution in [0, 0.1) is 0 Å². The predicted octanol–water partition coefficient (Wildman–Crippen LogP) is 3.45. The maximum atomic E-state index is 5.98. The standard InChI is InChI=1S/C9H11Cl2N/c1-3-12(2)9-5-4-7(10)6-8(9)11/h4-6H,3H2,1-2H3. The SMILES string of the molecule is CCN(C)c1ccc(Cl)cc1Cl. The summed E-state index contributed by atoms with van der Waals surface area (Å²) in [5.74, 6) is 0. The fourth-order valence-corrected chi connectivity index (χ4v) is 1.51. The van der Waals surface area contributed by atoms with Crippen LogP contribution in [0.25, 0.3) is 0 Å². The first-order valence-electron chi connectivity index (χ1n) is 3.81. The summed E-state index contributed by atoms with van der Waals surface area (Å²) in [5.41, 5.74) is 1.02. The van der Waals surface area contributed by atoms with Crippen LogP contribution in [0.3, 0.4) is 0 Å². The Kier molecular flexibility index (Phi) is 3.24. The van der Waals surface area contributed by atoms with Crippen molar-refractivity contribution in [2.24, 2.45) is 0 Å². The van der Waals surface area contributed by atoms with E-state index in [2.05, 4.69) is 11.8 Å². The molecule has 1 aromatic carbocycles. The van der Waals surface area contributed by atoms with Crippen LogP contribution in [0.1, 0.15) is 6.92 Å². The second kappa shape index (κ2) is 4.01. The monoisotopic (exact) mass is 203 g/mol. The minimum Gasteiger partial charge on any atom is -0.374 e. The van der Waals surface area contributed by atoms with E-state index < -0.39 is 0 Å². The van der Waals surface area contributed by atoms with Gasteiger partial charge in [-0.15, -0.1) is 0 Å². The molecule has 3 heteroatoms. The van der Waals surface area contributed by atoms with E-state index in [1.807, 2.05) is 19.2 Å². The van der Waals surface area contributed by atoms with Crippen molar-refractivity contribution in [3.63, 3.8) is 0 Å². The van der Waals surface area contributed by atoms with Gasteiger partial charge in [-0.05, 0) is 25.1 Å². The highest BCUT2D eigenvalue weighted by molar-refractivity contribution is 6.36. The summed E-state index contributed by atoms with van der Waals surface area (Å²) < 4.78 is 0. The van der Waals surface area contributed by atoms with E-state index >= 15 is 0 Å². The molecule has 66 valence electrons. The van der Waals surface area contributed by atoms with E-state index in [9.17, 15) is 0 Å². The summed E-state index contributed by atoms with van der Waals surface area (Å²) in [7, 11) is 2.00. The van der Waals surface area contributed by atoms with Crippen molar-refractivity contribution >= 4 is 28.9 Å². The van der Waals surface area contributed by atoms with E-state index in [4.69, 9.17) is 23.2 Å². The molecule has 0 atom stereocenters. The first-order valence-corrected chi connectivity index (χ1v) is 4.57. The van der Waals surface area contributed by atoms with Crippen LogP contribution < -0.4 is 4.90 Å². The Balaban J connectivity index is 3.01. The molecular formula is C9H11Cl2N. The van der Waals surface area contributed by atoms with Gasteiger partial charge in [0.25, 0.3) is 0 Å². The Morgan fingerprint density at radius 1 is 1.33 bits per heavy atom. The van der Waals surface area contributed by atoms with Crippen LogP contribution >= 0.6 is 23.2 Å². The van der Waals surface area contributed by atoms with Gasteiger partial charge in [-0.25, -0.2) is 0 Å². The lowest BCUT2D eigenvalue weighted by atomic mass is 10.3. The van der Waals surface area contributed by atoms with E-state index in [1.165, 1.54) is 0 Å². The number of halogens is 2. The quantitative estimate of drug-likeness (QED) is 0.713. The Morgan fingerprint density at radius 2 is 2.00 bits per heavy atom. The maximum absolute atomic E-state index is 5.98. The lowest BCUT2D eigenvalue weighted by Crippen LogP contribution is -2.15. The minimum atomic E-state index is 0.674. The summed E-state index contributed by atoms with van der Waals surface area (Å²) in [6.07, 6.45) is 0. The van der Waals surface area contributed by atoms with Gasteiger partial charge in [0, 0.05) is 18.6 Å². The molecule has 0 radical (unpaired) electrons. The number of hydrogen-bond donors (Lipinski definition) is 0. The maximum Gasteiger partial charge on any atom is 0.0654 e. The fraction of sp³-hybridized carbons (Fsp3) is 0.333. The number of anilines is 1. The summed E-state index contributed by atoms with van der Waals surface area (Å²) in [5, 5.41) is 1.38. The van der Waals surface area contributed by atoms with Crippen molar-refractivity contribution in [1.82, 2.24) is 0 Å². The van der Waals surface area contributed by atoms with Gasteiger partial charge < -0.3 is 4.90 Å². The fourth-order valence-electron chi connectivity index (χ4n) is 0.961. The van der Waals surface area contributed by atoms with Crippen LogP contribution in [-0.2, 0) is 0 Å². The Hall–Kier alpha value is -0.400. The predicted molar refractivity (Wildman–Crippen MR) is 55.4 cm³/mol. The zero-order chi connectivity index (χ0) is 9.14. The normalized spacial score (nSPS) is 10.0.